The smallest absolute Gasteiger partial charge is 0.410 e. The summed E-state index contributed by atoms with van der Waals surface area (Å²) in [4.78, 5) is 23.9. The Balaban J connectivity index is 2.15. The Labute approximate surface area is 143 Å². The molecule has 4 N–H and O–H groups in total. The summed E-state index contributed by atoms with van der Waals surface area (Å²) in [5.41, 5.74) is 3.46. The van der Waals surface area contributed by atoms with Crippen LogP contribution in [0, 0.1) is 0 Å². The van der Waals surface area contributed by atoms with Crippen LogP contribution < -0.4 is 10.8 Å². The minimum atomic E-state index is -1.20. The van der Waals surface area contributed by atoms with Gasteiger partial charge >= 0.3 is 6.09 Å². The average molecular weight is 343 g/mol. The number of anilines is 1. The van der Waals surface area contributed by atoms with Gasteiger partial charge in [-0.25, -0.2) is 9.78 Å². The summed E-state index contributed by atoms with van der Waals surface area (Å²) in [6.07, 6.45) is -1.20. The summed E-state index contributed by atoms with van der Waals surface area (Å²) in [7, 11) is 1.50. The molecule has 0 aliphatic heterocycles. The van der Waals surface area contributed by atoms with Crippen molar-refractivity contribution in [3.8, 4) is 0 Å². The summed E-state index contributed by atoms with van der Waals surface area (Å²) in [5.74, 6) is 0.328. The molecule has 2 aromatic rings. The summed E-state index contributed by atoms with van der Waals surface area (Å²) in [6.45, 7) is 0.00783. The van der Waals surface area contributed by atoms with Crippen molar-refractivity contribution in [3.63, 3.8) is 0 Å². The molecular formula is C16H17N5O4. The quantitative estimate of drug-likeness (QED) is 0.361. The van der Waals surface area contributed by atoms with Crippen molar-refractivity contribution in [1.82, 2.24) is 10.5 Å². The molecule has 2 rings (SSSR count). The summed E-state index contributed by atoms with van der Waals surface area (Å²) >= 11 is 0. The van der Waals surface area contributed by atoms with Gasteiger partial charge < -0.3 is 9.94 Å². The zero-order valence-corrected chi connectivity index (χ0v) is 13.4. The molecule has 9 heteroatoms. The second-order valence-corrected chi connectivity index (χ2v) is 4.71. The highest BCUT2D eigenvalue weighted by atomic mass is 16.6. The van der Waals surface area contributed by atoms with Crippen LogP contribution >= 0.6 is 0 Å². The topological polar surface area (TPSA) is 128 Å². The van der Waals surface area contributed by atoms with Gasteiger partial charge in [-0.15, -0.1) is 0 Å². The Kier molecular flexibility index (Phi) is 6.43. The fraction of sp³-hybridized carbons (Fsp3) is 0.125. The first-order valence-corrected chi connectivity index (χ1v) is 7.22. The molecule has 0 aliphatic rings. The maximum atomic E-state index is 10.6. The Hall–Kier alpha value is -3.46. The molecule has 0 radical (unpaired) electrons. The van der Waals surface area contributed by atoms with Crippen LogP contribution in [0.4, 0.5) is 10.6 Å². The average Bonchev–Trinajstić information content (AvgIpc) is 2.62. The van der Waals surface area contributed by atoms with Crippen LogP contribution in [0.25, 0.3) is 0 Å². The monoisotopic (exact) mass is 343 g/mol. The summed E-state index contributed by atoms with van der Waals surface area (Å²) in [6, 6.07) is 13.9. The third-order valence-corrected chi connectivity index (χ3v) is 3.01. The first kappa shape index (κ1) is 17.9. The molecule has 0 spiro atoms. The maximum absolute atomic E-state index is 10.6. The lowest BCUT2D eigenvalue weighted by Crippen LogP contribution is -2.29. The fourth-order valence-electron chi connectivity index (χ4n) is 1.94. The van der Waals surface area contributed by atoms with E-state index in [0.29, 0.717) is 17.0 Å². The van der Waals surface area contributed by atoms with Crippen molar-refractivity contribution in [3.05, 3.63) is 59.8 Å². The van der Waals surface area contributed by atoms with Gasteiger partial charge in [0.15, 0.2) is 18.2 Å². The Morgan fingerprint density at radius 3 is 2.60 bits per heavy atom. The van der Waals surface area contributed by atoms with Gasteiger partial charge in [-0.1, -0.05) is 41.6 Å². The molecular weight excluding hydrogens is 326 g/mol. The van der Waals surface area contributed by atoms with Crippen molar-refractivity contribution < 1.29 is 19.9 Å². The number of aliphatic imine (C=N–C) groups is 1. The van der Waals surface area contributed by atoms with Crippen molar-refractivity contribution in [1.29, 1.82) is 0 Å². The first-order chi connectivity index (χ1) is 12.1. The molecule has 1 aromatic carbocycles. The van der Waals surface area contributed by atoms with Crippen LogP contribution in [-0.4, -0.2) is 40.0 Å². The number of hydroxylamine groups is 1. The number of nitrogens with one attached hydrogen (secondary N) is 2. The van der Waals surface area contributed by atoms with Gasteiger partial charge in [0.1, 0.15) is 5.82 Å². The predicted octanol–water partition coefficient (Wildman–Crippen LogP) is 2.10. The molecule has 130 valence electrons. The minimum absolute atomic E-state index is 0.00783. The first-order valence-electron chi connectivity index (χ1n) is 7.22. The third-order valence-electron chi connectivity index (χ3n) is 3.01. The van der Waals surface area contributed by atoms with Gasteiger partial charge in [0, 0.05) is 12.6 Å². The number of amides is 1. The van der Waals surface area contributed by atoms with E-state index in [1.807, 2.05) is 23.7 Å². The van der Waals surface area contributed by atoms with E-state index in [9.17, 15) is 10.0 Å². The molecule has 9 nitrogen and oxygen atoms in total. The molecule has 0 fully saturated rings. The van der Waals surface area contributed by atoms with Gasteiger partial charge in [0.25, 0.3) is 0 Å². The number of hydrogen-bond donors (Lipinski definition) is 4. The molecule has 25 heavy (non-hydrogen) atoms. The number of oxime groups is 1. The highest BCUT2D eigenvalue weighted by Crippen LogP contribution is 2.08. The number of rotatable bonds is 6. The SMILES string of the molecule is CN=C(NO)/C(=N\OCc1cccc(NC(=O)O)n1)c1ccccc1. The molecule has 0 aliphatic carbocycles. The normalized spacial score (nSPS) is 11.8. The van der Waals surface area contributed by atoms with E-state index in [1.54, 1.807) is 24.3 Å². The lowest BCUT2D eigenvalue weighted by atomic mass is 10.1. The minimum Gasteiger partial charge on any atom is -0.465 e. The van der Waals surface area contributed by atoms with Crippen LogP contribution in [0.15, 0.2) is 58.7 Å². The summed E-state index contributed by atoms with van der Waals surface area (Å²) < 4.78 is 0. The number of amidine groups is 1. The van der Waals surface area contributed by atoms with Gasteiger partial charge in [-0.05, 0) is 12.1 Å². The standard InChI is InChI=1S/C16H17N5O4/c1-17-15(20-24)14(11-6-3-2-4-7-11)21-25-10-12-8-5-9-13(18-12)19-16(22)23/h2-9,24H,10H2,1H3,(H,17,20)(H,18,19)(H,22,23)/b21-14-. The molecule has 1 amide bonds. The van der Waals surface area contributed by atoms with E-state index < -0.39 is 6.09 Å². The van der Waals surface area contributed by atoms with Crippen LogP contribution in [0.3, 0.4) is 0 Å². The van der Waals surface area contributed by atoms with Crippen molar-refractivity contribution in [2.75, 3.05) is 12.4 Å². The van der Waals surface area contributed by atoms with E-state index >= 15 is 0 Å². The summed E-state index contributed by atoms with van der Waals surface area (Å²) in [5, 5.41) is 24.1. The second-order valence-electron chi connectivity index (χ2n) is 4.71. The lowest BCUT2D eigenvalue weighted by molar-refractivity contribution is 0.128. The number of nitrogens with zero attached hydrogens (tertiary/aromatic N) is 3. The largest absolute Gasteiger partial charge is 0.465 e. The Bertz CT molecular complexity index is 777. The molecule has 0 saturated carbocycles. The number of carbonyl (C=O) groups is 1. The van der Waals surface area contributed by atoms with E-state index in [-0.39, 0.29) is 18.3 Å². The highest BCUT2D eigenvalue weighted by molar-refractivity contribution is 6.47. The number of pyridine rings is 1. The van der Waals surface area contributed by atoms with E-state index in [2.05, 4.69) is 20.4 Å². The van der Waals surface area contributed by atoms with E-state index in [0.717, 1.165) is 0 Å². The molecule has 1 heterocycles. The van der Waals surface area contributed by atoms with Gasteiger partial charge in [0.2, 0.25) is 0 Å². The van der Waals surface area contributed by atoms with Crippen molar-refractivity contribution >= 4 is 23.5 Å². The second kappa shape index (κ2) is 8.99. The van der Waals surface area contributed by atoms with Gasteiger partial charge in [-0.3, -0.25) is 21.0 Å². The molecule has 0 atom stereocenters. The molecule has 0 bridgehead atoms. The van der Waals surface area contributed by atoms with Crippen LogP contribution in [-0.2, 0) is 11.4 Å². The molecule has 0 saturated heterocycles. The number of benzene rings is 1. The maximum Gasteiger partial charge on any atom is 0.410 e. The number of aromatic nitrogens is 1. The van der Waals surface area contributed by atoms with E-state index in [1.165, 1.54) is 13.1 Å². The third kappa shape index (κ3) is 5.29. The van der Waals surface area contributed by atoms with Gasteiger partial charge in [-0.2, -0.15) is 0 Å². The lowest BCUT2D eigenvalue weighted by Gasteiger charge is -2.09. The van der Waals surface area contributed by atoms with Crippen LogP contribution in [0.1, 0.15) is 11.3 Å². The molecule has 1 aromatic heterocycles. The van der Waals surface area contributed by atoms with E-state index in [4.69, 9.17) is 9.94 Å². The number of hydrogen-bond acceptors (Lipinski definition) is 6. The van der Waals surface area contributed by atoms with Crippen LogP contribution in [0.2, 0.25) is 0 Å². The van der Waals surface area contributed by atoms with Crippen molar-refractivity contribution in [2.24, 2.45) is 10.1 Å². The Morgan fingerprint density at radius 2 is 1.96 bits per heavy atom. The number of carboxylic acid groups (broad SMARTS) is 1. The van der Waals surface area contributed by atoms with Gasteiger partial charge in [0.05, 0.1) is 5.69 Å². The van der Waals surface area contributed by atoms with Crippen molar-refractivity contribution in [2.45, 2.75) is 6.61 Å². The fourth-order valence-corrected chi connectivity index (χ4v) is 1.94. The zero-order chi connectivity index (χ0) is 18.1. The highest BCUT2D eigenvalue weighted by Gasteiger charge is 2.11. The van der Waals surface area contributed by atoms with Crippen LogP contribution in [0.5, 0.6) is 0 Å². The molecule has 0 unspecified atom stereocenters. The predicted molar refractivity (Wildman–Crippen MR) is 91.9 cm³/mol. The zero-order valence-electron chi connectivity index (χ0n) is 13.4. The Morgan fingerprint density at radius 1 is 1.20 bits per heavy atom.